The number of fused-ring (bicyclic) bond motifs is 1. The lowest BCUT2D eigenvalue weighted by molar-refractivity contribution is 0.404. The first-order valence-electron chi connectivity index (χ1n) is 5.76. The van der Waals surface area contributed by atoms with Gasteiger partial charge in [0.25, 0.3) is 0 Å². The van der Waals surface area contributed by atoms with Crippen LogP contribution in [0.25, 0.3) is 16.2 Å². The van der Waals surface area contributed by atoms with Crippen LogP contribution < -0.4 is 9.47 Å². The summed E-state index contributed by atoms with van der Waals surface area (Å²) >= 11 is 1.56. The minimum atomic E-state index is 0.767. The lowest BCUT2D eigenvalue weighted by Gasteiger charge is -2.08. The van der Waals surface area contributed by atoms with E-state index in [-0.39, 0.29) is 0 Å². The Bertz CT molecular complexity index is 701. The van der Waals surface area contributed by atoms with Crippen LogP contribution in [-0.2, 0) is 0 Å². The van der Waals surface area contributed by atoms with Crippen LogP contribution in [0.2, 0.25) is 0 Å². The van der Waals surface area contributed by atoms with Gasteiger partial charge in [-0.05, 0) is 25.1 Å². The Kier molecular flexibility index (Phi) is 2.87. The zero-order chi connectivity index (χ0) is 13.4. The van der Waals surface area contributed by atoms with E-state index in [0.717, 1.165) is 32.7 Å². The van der Waals surface area contributed by atoms with Crippen molar-refractivity contribution in [2.24, 2.45) is 0 Å². The molecule has 0 fully saturated rings. The van der Waals surface area contributed by atoms with Crippen molar-refractivity contribution in [3.05, 3.63) is 29.4 Å². The number of rotatable bonds is 3. The van der Waals surface area contributed by atoms with Gasteiger partial charge < -0.3 is 9.47 Å². The fourth-order valence-corrected chi connectivity index (χ4v) is 2.67. The number of hydrogen-bond donors (Lipinski definition) is 0. The van der Waals surface area contributed by atoms with Crippen molar-refractivity contribution in [3.63, 3.8) is 0 Å². The van der Waals surface area contributed by atoms with E-state index in [4.69, 9.17) is 9.47 Å². The Balaban J connectivity index is 2.15. The molecule has 5 nitrogen and oxygen atoms in total. The highest BCUT2D eigenvalue weighted by Gasteiger charge is 2.13. The van der Waals surface area contributed by atoms with Gasteiger partial charge in [-0.1, -0.05) is 11.3 Å². The molecule has 98 valence electrons. The van der Waals surface area contributed by atoms with E-state index in [9.17, 15) is 0 Å². The SMILES string of the molecule is COc1ccc(OC)c(-c2cn3nc(C)sc3n2)c1. The number of aryl methyl sites for hydroxylation is 1. The summed E-state index contributed by atoms with van der Waals surface area (Å²) in [7, 11) is 3.29. The molecule has 0 radical (unpaired) electrons. The third-order valence-electron chi connectivity index (χ3n) is 2.83. The number of methoxy groups -OCH3 is 2. The van der Waals surface area contributed by atoms with E-state index in [1.54, 1.807) is 30.1 Å². The first-order valence-corrected chi connectivity index (χ1v) is 6.58. The van der Waals surface area contributed by atoms with Crippen LogP contribution in [0.15, 0.2) is 24.4 Å². The van der Waals surface area contributed by atoms with Gasteiger partial charge in [0.1, 0.15) is 16.5 Å². The maximum absolute atomic E-state index is 5.37. The molecule has 0 bridgehead atoms. The smallest absolute Gasteiger partial charge is 0.212 e. The van der Waals surface area contributed by atoms with Gasteiger partial charge in [0.15, 0.2) is 0 Å². The minimum absolute atomic E-state index is 0.767. The summed E-state index contributed by atoms with van der Waals surface area (Å²) in [6.07, 6.45) is 1.90. The Morgan fingerprint density at radius 1 is 1.21 bits per heavy atom. The van der Waals surface area contributed by atoms with Crippen molar-refractivity contribution >= 4 is 16.3 Å². The summed E-state index contributed by atoms with van der Waals surface area (Å²) in [4.78, 5) is 5.44. The van der Waals surface area contributed by atoms with Crippen LogP contribution >= 0.6 is 11.3 Å². The normalized spacial score (nSPS) is 10.9. The predicted octanol–water partition coefficient (Wildman–Crippen LogP) is 2.78. The van der Waals surface area contributed by atoms with E-state index < -0.39 is 0 Å². The number of aromatic nitrogens is 3. The number of hydrogen-bond acceptors (Lipinski definition) is 5. The third-order valence-corrected chi connectivity index (χ3v) is 3.66. The van der Waals surface area contributed by atoms with Crippen molar-refractivity contribution in [1.29, 1.82) is 0 Å². The average molecular weight is 275 g/mol. The van der Waals surface area contributed by atoms with Crippen molar-refractivity contribution in [3.8, 4) is 22.8 Å². The zero-order valence-electron chi connectivity index (χ0n) is 10.9. The van der Waals surface area contributed by atoms with E-state index in [0.29, 0.717) is 0 Å². The van der Waals surface area contributed by atoms with Gasteiger partial charge >= 0.3 is 0 Å². The van der Waals surface area contributed by atoms with Gasteiger partial charge in [0, 0.05) is 5.56 Å². The molecule has 3 rings (SSSR count). The monoisotopic (exact) mass is 275 g/mol. The Morgan fingerprint density at radius 3 is 2.74 bits per heavy atom. The van der Waals surface area contributed by atoms with Crippen LogP contribution in [0, 0.1) is 6.92 Å². The maximum atomic E-state index is 5.37. The van der Waals surface area contributed by atoms with Crippen LogP contribution in [-0.4, -0.2) is 28.8 Å². The second kappa shape index (κ2) is 4.55. The van der Waals surface area contributed by atoms with E-state index in [1.165, 1.54) is 0 Å². The van der Waals surface area contributed by atoms with Gasteiger partial charge in [-0.25, -0.2) is 9.50 Å². The Morgan fingerprint density at radius 2 is 2.05 bits per heavy atom. The summed E-state index contributed by atoms with van der Waals surface area (Å²) in [5, 5.41) is 5.35. The largest absolute Gasteiger partial charge is 0.497 e. The Labute approximate surface area is 114 Å². The summed E-state index contributed by atoms with van der Waals surface area (Å²) in [6, 6.07) is 5.65. The molecule has 0 N–H and O–H groups in total. The van der Waals surface area contributed by atoms with E-state index >= 15 is 0 Å². The quantitative estimate of drug-likeness (QED) is 0.737. The highest BCUT2D eigenvalue weighted by molar-refractivity contribution is 7.16. The van der Waals surface area contributed by atoms with Crippen molar-refractivity contribution in [1.82, 2.24) is 14.6 Å². The second-order valence-corrected chi connectivity index (χ2v) is 5.20. The molecule has 0 unspecified atom stereocenters. The molecule has 3 aromatic rings. The van der Waals surface area contributed by atoms with Crippen molar-refractivity contribution < 1.29 is 9.47 Å². The minimum Gasteiger partial charge on any atom is -0.497 e. The second-order valence-electron chi connectivity index (χ2n) is 4.04. The van der Waals surface area contributed by atoms with E-state index in [1.807, 2.05) is 31.3 Å². The molecule has 0 saturated carbocycles. The van der Waals surface area contributed by atoms with E-state index in [2.05, 4.69) is 10.1 Å². The molecule has 0 spiro atoms. The number of nitrogens with zero attached hydrogens (tertiary/aromatic N) is 3. The molecule has 6 heteroatoms. The summed E-state index contributed by atoms with van der Waals surface area (Å²) in [5.74, 6) is 1.54. The molecule has 1 aromatic carbocycles. The highest BCUT2D eigenvalue weighted by Crippen LogP contribution is 2.33. The highest BCUT2D eigenvalue weighted by atomic mass is 32.1. The van der Waals surface area contributed by atoms with Crippen LogP contribution in [0.5, 0.6) is 11.5 Å². The summed E-state index contributed by atoms with van der Waals surface area (Å²) in [6.45, 7) is 1.96. The van der Waals surface area contributed by atoms with Crippen LogP contribution in [0.4, 0.5) is 0 Å². The topological polar surface area (TPSA) is 48.7 Å². The van der Waals surface area contributed by atoms with Gasteiger partial charge in [-0.2, -0.15) is 5.10 Å². The molecule has 2 aromatic heterocycles. The third kappa shape index (κ3) is 2.04. The standard InChI is InChI=1S/C13H13N3O2S/c1-8-15-16-7-11(14-13(16)19-8)10-6-9(17-2)4-5-12(10)18-3/h4-7H,1-3H3. The van der Waals surface area contributed by atoms with Crippen molar-refractivity contribution in [2.75, 3.05) is 14.2 Å². The first-order chi connectivity index (χ1) is 9.21. The first kappa shape index (κ1) is 12.0. The molecule has 0 saturated heterocycles. The van der Waals surface area contributed by atoms with Gasteiger partial charge in [-0.3, -0.25) is 0 Å². The molecule has 0 aliphatic rings. The molecule has 0 aliphatic heterocycles. The number of benzene rings is 1. The fraction of sp³-hybridized carbons (Fsp3) is 0.231. The van der Waals surface area contributed by atoms with Crippen molar-refractivity contribution in [2.45, 2.75) is 6.92 Å². The molecule has 2 heterocycles. The zero-order valence-corrected chi connectivity index (χ0v) is 11.7. The molecule has 0 atom stereocenters. The molecule has 19 heavy (non-hydrogen) atoms. The number of imidazole rings is 1. The molecule has 0 amide bonds. The lowest BCUT2D eigenvalue weighted by atomic mass is 10.1. The molecule has 0 aliphatic carbocycles. The van der Waals surface area contributed by atoms with Crippen LogP contribution in [0.1, 0.15) is 5.01 Å². The summed E-state index contributed by atoms with van der Waals surface area (Å²) in [5.41, 5.74) is 1.73. The van der Waals surface area contributed by atoms with Crippen LogP contribution in [0.3, 0.4) is 0 Å². The average Bonchev–Trinajstić information content (AvgIpc) is 2.95. The van der Waals surface area contributed by atoms with Gasteiger partial charge in [0.2, 0.25) is 4.96 Å². The molecular weight excluding hydrogens is 262 g/mol. The maximum Gasteiger partial charge on any atom is 0.212 e. The van der Waals surface area contributed by atoms with Gasteiger partial charge in [0.05, 0.1) is 26.1 Å². The fourth-order valence-electron chi connectivity index (χ4n) is 1.94. The summed E-state index contributed by atoms with van der Waals surface area (Å²) < 4.78 is 12.4. The molecular formula is C13H13N3O2S. The Hall–Kier alpha value is -2.08. The number of ether oxygens (including phenoxy) is 2. The predicted molar refractivity (Wildman–Crippen MR) is 74.1 cm³/mol. The lowest BCUT2D eigenvalue weighted by Crippen LogP contribution is -1.90. The van der Waals surface area contributed by atoms with Gasteiger partial charge in [-0.15, -0.1) is 0 Å².